The third-order valence-corrected chi connectivity index (χ3v) is 4.37. The van der Waals surface area contributed by atoms with Crippen molar-refractivity contribution in [3.8, 4) is 12.3 Å². The second-order valence-electron chi connectivity index (χ2n) is 4.25. The summed E-state index contributed by atoms with van der Waals surface area (Å²) in [5, 5.41) is 0.0741. The summed E-state index contributed by atoms with van der Waals surface area (Å²) < 4.78 is 36.2. The van der Waals surface area contributed by atoms with Crippen LogP contribution in [0, 0.1) is 12.3 Å². The van der Waals surface area contributed by atoms with Gasteiger partial charge in [0.25, 0.3) is 0 Å². The van der Waals surface area contributed by atoms with Crippen molar-refractivity contribution in [3.05, 3.63) is 28.8 Å². The molecule has 0 amide bonds. The molecule has 22 heavy (non-hydrogen) atoms. The monoisotopic (exact) mass is 345 g/mol. The summed E-state index contributed by atoms with van der Waals surface area (Å²) in [5.41, 5.74) is -0.0709. The third-order valence-electron chi connectivity index (χ3n) is 2.58. The van der Waals surface area contributed by atoms with E-state index < -0.39 is 22.1 Å². The fourth-order valence-electron chi connectivity index (χ4n) is 1.45. The summed E-state index contributed by atoms with van der Waals surface area (Å²) >= 11 is 5.91. The van der Waals surface area contributed by atoms with Crippen LogP contribution >= 0.6 is 11.6 Å². The Morgan fingerprint density at radius 1 is 1.50 bits per heavy atom. The lowest BCUT2D eigenvalue weighted by Crippen LogP contribution is -2.27. The summed E-state index contributed by atoms with van der Waals surface area (Å²) in [4.78, 5) is 11.8. The van der Waals surface area contributed by atoms with E-state index in [0.29, 0.717) is 0 Å². The Morgan fingerprint density at radius 2 is 2.18 bits per heavy atom. The maximum atomic E-state index is 12.1. The van der Waals surface area contributed by atoms with Crippen molar-refractivity contribution >= 4 is 27.6 Å². The second-order valence-corrected chi connectivity index (χ2v) is 6.42. The van der Waals surface area contributed by atoms with Gasteiger partial charge in [-0.15, -0.1) is 6.42 Å². The first-order valence-electron chi connectivity index (χ1n) is 6.27. The summed E-state index contributed by atoms with van der Waals surface area (Å²) in [5.74, 6) is 1.45. The van der Waals surface area contributed by atoms with Gasteiger partial charge in [-0.2, -0.15) is 0 Å². The van der Waals surface area contributed by atoms with Crippen molar-refractivity contribution in [3.63, 3.8) is 0 Å². The smallest absolute Gasteiger partial charge is 0.340 e. The highest BCUT2D eigenvalue weighted by Crippen LogP contribution is 2.21. The average molecular weight is 346 g/mol. The number of hydrogen-bond donors (Lipinski definition) is 1. The van der Waals surface area contributed by atoms with E-state index in [9.17, 15) is 13.2 Å². The number of carbonyl (C=O) groups is 1. The molecule has 0 aliphatic heterocycles. The van der Waals surface area contributed by atoms with E-state index in [1.165, 1.54) is 26.2 Å². The van der Waals surface area contributed by atoms with Gasteiger partial charge in [-0.05, 0) is 25.1 Å². The molecule has 0 bridgehead atoms. The number of nitrogens with one attached hydrogen (secondary N) is 1. The van der Waals surface area contributed by atoms with Gasteiger partial charge in [0.1, 0.15) is 0 Å². The molecule has 0 aliphatic carbocycles. The fraction of sp³-hybridized carbons (Fsp3) is 0.357. The largest absolute Gasteiger partial charge is 0.446 e. The molecule has 6 nitrogen and oxygen atoms in total. The summed E-state index contributed by atoms with van der Waals surface area (Å²) in [6.45, 7) is 1.84. The van der Waals surface area contributed by atoms with E-state index in [1.807, 2.05) is 0 Å². The normalized spacial score (nSPS) is 12.5. The van der Waals surface area contributed by atoms with Crippen LogP contribution in [0.1, 0.15) is 17.3 Å². The molecular weight excluding hydrogens is 330 g/mol. The van der Waals surface area contributed by atoms with E-state index in [1.54, 1.807) is 0 Å². The standard InChI is InChI=1S/C14H16ClNO5S/c1-4-10(2)21-14(17)12-9-11(5-6-13(12)15)22(18,19)16-7-8-20-3/h1,5-6,9-10,16H,7-8H2,2-3H3/t10-/m1/s1. The van der Waals surface area contributed by atoms with Crippen molar-refractivity contribution in [2.24, 2.45) is 0 Å². The van der Waals surface area contributed by atoms with Crippen LogP contribution in [0.5, 0.6) is 0 Å². The molecule has 0 heterocycles. The van der Waals surface area contributed by atoms with Crippen molar-refractivity contribution in [1.82, 2.24) is 4.72 Å². The Bertz CT molecular complexity index is 681. The van der Waals surface area contributed by atoms with Crippen molar-refractivity contribution in [2.45, 2.75) is 17.9 Å². The Labute approximate surface area is 134 Å². The molecule has 1 aromatic carbocycles. The molecule has 0 saturated carbocycles. The van der Waals surface area contributed by atoms with Crippen molar-refractivity contribution in [1.29, 1.82) is 0 Å². The lowest BCUT2D eigenvalue weighted by molar-refractivity contribution is 0.0438. The average Bonchev–Trinajstić information content (AvgIpc) is 2.47. The van der Waals surface area contributed by atoms with Gasteiger partial charge in [-0.1, -0.05) is 17.5 Å². The number of ether oxygens (including phenoxy) is 2. The highest BCUT2D eigenvalue weighted by Gasteiger charge is 2.20. The topological polar surface area (TPSA) is 81.7 Å². The first-order chi connectivity index (χ1) is 10.3. The lowest BCUT2D eigenvalue weighted by Gasteiger charge is -2.11. The van der Waals surface area contributed by atoms with Crippen molar-refractivity contribution in [2.75, 3.05) is 20.3 Å². The van der Waals surface area contributed by atoms with E-state index in [-0.39, 0.29) is 28.6 Å². The molecule has 0 fully saturated rings. The number of sulfonamides is 1. The van der Waals surface area contributed by atoms with E-state index in [4.69, 9.17) is 27.5 Å². The predicted molar refractivity (Wildman–Crippen MR) is 82.2 cm³/mol. The van der Waals surface area contributed by atoms with Gasteiger partial charge in [0.15, 0.2) is 6.10 Å². The van der Waals surface area contributed by atoms with E-state index >= 15 is 0 Å². The van der Waals surface area contributed by atoms with Crippen LogP contribution in [0.25, 0.3) is 0 Å². The quantitative estimate of drug-likeness (QED) is 0.459. The maximum absolute atomic E-state index is 12.1. The molecule has 1 rings (SSSR count). The number of esters is 1. The van der Waals surface area contributed by atoms with Crippen LogP contribution < -0.4 is 4.72 Å². The van der Waals surface area contributed by atoms with E-state index in [0.717, 1.165) is 6.07 Å². The highest BCUT2D eigenvalue weighted by molar-refractivity contribution is 7.89. The molecule has 0 aliphatic rings. The molecule has 0 aromatic heterocycles. The van der Waals surface area contributed by atoms with E-state index in [2.05, 4.69) is 10.6 Å². The first-order valence-corrected chi connectivity index (χ1v) is 8.13. The van der Waals surface area contributed by atoms with Gasteiger partial charge in [-0.3, -0.25) is 0 Å². The number of benzene rings is 1. The summed E-state index contributed by atoms with van der Waals surface area (Å²) in [7, 11) is -2.32. The number of terminal acetylenes is 1. The van der Waals surface area contributed by atoms with Gasteiger partial charge in [0.2, 0.25) is 10.0 Å². The Hall–Kier alpha value is -1.59. The molecule has 1 N–H and O–H groups in total. The minimum atomic E-state index is -3.78. The zero-order valence-electron chi connectivity index (χ0n) is 12.1. The zero-order valence-corrected chi connectivity index (χ0v) is 13.7. The van der Waals surface area contributed by atoms with Crippen LogP contribution in [0.4, 0.5) is 0 Å². The van der Waals surface area contributed by atoms with Crippen LogP contribution in [0.2, 0.25) is 5.02 Å². The second kappa shape index (κ2) is 8.15. The summed E-state index contributed by atoms with van der Waals surface area (Å²) in [6.07, 6.45) is 4.38. The molecule has 0 unspecified atom stereocenters. The van der Waals surface area contributed by atoms with Crippen LogP contribution in [0.15, 0.2) is 23.1 Å². The fourth-order valence-corrected chi connectivity index (χ4v) is 2.68. The van der Waals surface area contributed by atoms with Crippen LogP contribution in [-0.2, 0) is 19.5 Å². The van der Waals surface area contributed by atoms with Crippen molar-refractivity contribution < 1.29 is 22.7 Å². The molecule has 1 aromatic rings. The van der Waals surface area contributed by atoms with Gasteiger partial charge in [-0.25, -0.2) is 17.9 Å². The van der Waals surface area contributed by atoms with Gasteiger partial charge < -0.3 is 9.47 Å². The molecule has 1 atom stereocenters. The zero-order chi connectivity index (χ0) is 16.8. The molecule has 0 spiro atoms. The minimum Gasteiger partial charge on any atom is -0.446 e. The van der Waals surface area contributed by atoms with Gasteiger partial charge in [0, 0.05) is 13.7 Å². The molecular formula is C14H16ClNO5S. The molecule has 0 radical (unpaired) electrons. The van der Waals surface area contributed by atoms with Gasteiger partial charge in [0.05, 0.1) is 22.1 Å². The third kappa shape index (κ3) is 5.00. The Balaban J connectivity index is 3.04. The highest BCUT2D eigenvalue weighted by atomic mass is 35.5. The molecule has 0 saturated heterocycles. The number of hydrogen-bond acceptors (Lipinski definition) is 5. The number of methoxy groups -OCH3 is 1. The Kier molecular flexibility index (Phi) is 6.84. The number of halogens is 1. The number of rotatable bonds is 7. The van der Waals surface area contributed by atoms with Crippen LogP contribution in [-0.4, -0.2) is 40.8 Å². The Morgan fingerprint density at radius 3 is 2.77 bits per heavy atom. The van der Waals surface area contributed by atoms with Crippen LogP contribution in [0.3, 0.4) is 0 Å². The SMILES string of the molecule is C#C[C@@H](C)OC(=O)c1cc(S(=O)(=O)NCCOC)ccc1Cl. The van der Waals surface area contributed by atoms with Gasteiger partial charge >= 0.3 is 5.97 Å². The lowest BCUT2D eigenvalue weighted by atomic mass is 10.2. The predicted octanol–water partition coefficient (Wildman–Crippen LogP) is 1.44. The molecule has 120 valence electrons. The summed E-state index contributed by atoms with van der Waals surface area (Å²) in [6, 6.07) is 3.74. The number of carbonyl (C=O) groups excluding carboxylic acids is 1. The molecule has 8 heteroatoms. The maximum Gasteiger partial charge on any atom is 0.340 e. The minimum absolute atomic E-state index is 0.0709. The first kappa shape index (κ1) is 18.5.